The molecule has 0 amide bonds. The number of aryl methyl sites for hydroxylation is 1. The Kier molecular flexibility index (Phi) is 5.14. The normalized spacial score (nSPS) is 14.8. The molecule has 92 valence electrons. The maximum atomic E-state index is 10.5. The summed E-state index contributed by atoms with van der Waals surface area (Å²) in [6.45, 7) is 6.47. The Bertz CT molecular complexity index is 375. The molecule has 1 nitrogen and oxygen atoms in total. The molecular formula is C16H22O. The monoisotopic (exact) mass is 230 g/mol. The third-order valence-electron chi connectivity index (χ3n) is 3.40. The van der Waals surface area contributed by atoms with Crippen molar-refractivity contribution in [2.45, 2.75) is 40.0 Å². The second-order valence-electron chi connectivity index (χ2n) is 4.96. The lowest BCUT2D eigenvalue weighted by Crippen LogP contribution is -2.11. The van der Waals surface area contributed by atoms with Gasteiger partial charge >= 0.3 is 0 Å². The topological polar surface area (TPSA) is 17.1 Å². The molecule has 0 aliphatic carbocycles. The van der Waals surface area contributed by atoms with E-state index in [2.05, 4.69) is 57.2 Å². The molecule has 0 saturated heterocycles. The van der Waals surface area contributed by atoms with E-state index in [1.807, 2.05) is 0 Å². The lowest BCUT2D eigenvalue weighted by molar-refractivity contribution is -0.108. The van der Waals surface area contributed by atoms with Crippen molar-refractivity contribution in [3.63, 3.8) is 0 Å². The van der Waals surface area contributed by atoms with Gasteiger partial charge in [-0.25, -0.2) is 0 Å². The van der Waals surface area contributed by atoms with Crippen molar-refractivity contribution >= 4 is 12.4 Å². The summed E-state index contributed by atoms with van der Waals surface area (Å²) in [7, 11) is 0. The highest BCUT2D eigenvalue weighted by molar-refractivity contribution is 5.52. The summed E-state index contributed by atoms with van der Waals surface area (Å²) in [5.74, 6) is 0. The van der Waals surface area contributed by atoms with Gasteiger partial charge in [0, 0.05) is 6.42 Å². The fourth-order valence-corrected chi connectivity index (χ4v) is 1.74. The van der Waals surface area contributed by atoms with E-state index < -0.39 is 0 Å². The molecule has 0 aromatic heterocycles. The van der Waals surface area contributed by atoms with Crippen LogP contribution in [0.4, 0.5) is 0 Å². The highest BCUT2D eigenvalue weighted by Crippen LogP contribution is 2.29. The van der Waals surface area contributed by atoms with Gasteiger partial charge < -0.3 is 4.79 Å². The van der Waals surface area contributed by atoms with Crippen molar-refractivity contribution < 1.29 is 4.79 Å². The van der Waals surface area contributed by atoms with Crippen LogP contribution in [0.25, 0.3) is 6.08 Å². The Labute approximate surface area is 105 Å². The first-order valence-corrected chi connectivity index (χ1v) is 6.29. The molecule has 1 aromatic rings. The molecule has 1 heteroatoms. The molecule has 0 fully saturated rings. The summed E-state index contributed by atoms with van der Waals surface area (Å²) < 4.78 is 0. The second kappa shape index (κ2) is 6.39. The van der Waals surface area contributed by atoms with Gasteiger partial charge in [-0.2, -0.15) is 0 Å². The fraction of sp³-hybridized carbons (Fsp3) is 0.438. The molecule has 0 spiro atoms. The molecule has 0 bridgehead atoms. The Morgan fingerprint density at radius 2 is 1.88 bits per heavy atom. The second-order valence-corrected chi connectivity index (χ2v) is 4.96. The van der Waals surface area contributed by atoms with Crippen LogP contribution in [0.1, 0.15) is 44.2 Å². The highest BCUT2D eigenvalue weighted by atomic mass is 16.1. The summed E-state index contributed by atoms with van der Waals surface area (Å²) in [5, 5.41) is 0. The maximum absolute atomic E-state index is 10.5. The Morgan fingerprint density at radius 3 is 2.41 bits per heavy atom. The molecular weight excluding hydrogens is 208 g/mol. The van der Waals surface area contributed by atoms with Gasteiger partial charge in [0.15, 0.2) is 0 Å². The number of aldehydes is 1. The average molecular weight is 230 g/mol. The van der Waals surface area contributed by atoms with Gasteiger partial charge in [0.2, 0.25) is 0 Å². The van der Waals surface area contributed by atoms with Crippen LogP contribution in [-0.4, -0.2) is 6.29 Å². The van der Waals surface area contributed by atoms with Gasteiger partial charge in [-0.05, 0) is 30.7 Å². The first kappa shape index (κ1) is 13.7. The number of allylic oxidation sites excluding steroid dienone is 1. The Balaban J connectivity index is 2.72. The molecule has 1 aromatic carbocycles. The van der Waals surface area contributed by atoms with Crippen molar-refractivity contribution in [1.29, 1.82) is 0 Å². The van der Waals surface area contributed by atoms with E-state index in [0.717, 1.165) is 19.1 Å². The van der Waals surface area contributed by atoms with Gasteiger partial charge in [0.05, 0.1) is 0 Å². The first-order valence-electron chi connectivity index (χ1n) is 6.29. The molecule has 0 heterocycles. The summed E-state index contributed by atoms with van der Waals surface area (Å²) in [6, 6.07) is 8.49. The van der Waals surface area contributed by atoms with E-state index in [0.29, 0.717) is 6.42 Å². The zero-order chi connectivity index (χ0) is 12.7. The molecule has 0 N–H and O–H groups in total. The highest BCUT2D eigenvalue weighted by Gasteiger charge is 2.17. The minimum Gasteiger partial charge on any atom is -0.303 e. The van der Waals surface area contributed by atoms with E-state index in [4.69, 9.17) is 0 Å². The Hall–Kier alpha value is -1.37. The molecule has 17 heavy (non-hydrogen) atoms. The number of rotatable bonds is 6. The van der Waals surface area contributed by atoms with Crippen molar-refractivity contribution in [3.8, 4) is 0 Å². The van der Waals surface area contributed by atoms with Crippen LogP contribution < -0.4 is 0 Å². The van der Waals surface area contributed by atoms with Crippen LogP contribution in [0.3, 0.4) is 0 Å². The number of carbonyl (C=O) groups excluding carboxylic acids is 1. The van der Waals surface area contributed by atoms with E-state index in [9.17, 15) is 4.79 Å². The Morgan fingerprint density at radius 1 is 1.24 bits per heavy atom. The molecule has 0 saturated carbocycles. The van der Waals surface area contributed by atoms with Crippen LogP contribution >= 0.6 is 0 Å². The van der Waals surface area contributed by atoms with E-state index in [-0.39, 0.29) is 5.41 Å². The smallest absolute Gasteiger partial charge is 0.120 e. The lowest BCUT2D eigenvalue weighted by Gasteiger charge is -2.23. The third-order valence-corrected chi connectivity index (χ3v) is 3.40. The van der Waals surface area contributed by atoms with Crippen LogP contribution in [0.15, 0.2) is 30.3 Å². The largest absolute Gasteiger partial charge is 0.303 e. The molecule has 1 rings (SSSR count). The quantitative estimate of drug-likeness (QED) is 0.662. The molecule has 1 atom stereocenters. The molecule has 0 aliphatic rings. The van der Waals surface area contributed by atoms with Crippen LogP contribution in [-0.2, 0) is 4.79 Å². The van der Waals surface area contributed by atoms with E-state index >= 15 is 0 Å². The SMILES string of the molecule is CC[C@@](C)(/C=C/c1ccc(C)cc1)CCC=O. The molecule has 0 aliphatic heterocycles. The van der Waals surface area contributed by atoms with Crippen molar-refractivity contribution in [1.82, 2.24) is 0 Å². The number of carbonyl (C=O) groups is 1. The summed E-state index contributed by atoms with van der Waals surface area (Å²) in [5.41, 5.74) is 2.63. The van der Waals surface area contributed by atoms with E-state index in [1.54, 1.807) is 0 Å². The number of benzene rings is 1. The standard InChI is InChI=1S/C16H22O/c1-4-16(3,11-5-13-17)12-10-15-8-6-14(2)7-9-15/h6-10,12-13H,4-5,11H2,1-3H3/b12-10+/t16-/m1/s1. The summed E-state index contributed by atoms with van der Waals surface area (Å²) in [6.07, 6.45) is 8.03. The average Bonchev–Trinajstić information content (AvgIpc) is 2.36. The van der Waals surface area contributed by atoms with Gasteiger partial charge in [-0.3, -0.25) is 0 Å². The fourth-order valence-electron chi connectivity index (χ4n) is 1.74. The maximum Gasteiger partial charge on any atom is 0.120 e. The molecule has 0 radical (unpaired) electrons. The van der Waals surface area contributed by atoms with Crippen LogP contribution in [0.5, 0.6) is 0 Å². The van der Waals surface area contributed by atoms with Crippen LogP contribution in [0.2, 0.25) is 0 Å². The molecule has 0 unspecified atom stereocenters. The predicted octanol–water partition coefficient (Wildman–Crippen LogP) is 4.40. The minimum absolute atomic E-state index is 0.131. The lowest BCUT2D eigenvalue weighted by atomic mass is 9.82. The van der Waals surface area contributed by atoms with Crippen LogP contribution in [0, 0.1) is 12.3 Å². The number of hydrogen-bond donors (Lipinski definition) is 0. The van der Waals surface area contributed by atoms with Crippen molar-refractivity contribution in [2.24, 2.45) is 5.41 Å². The van der Waals surface area contributed by atoms with Gasteiger partial charge in [0.25, 0.3) is 0 Å². The summed E-state index contributed by atoms with van der Waals surface area (Å²) in [4.78, 5) is 10.5. The zero-order valence-electron chi connectivity index (χ0n) is 11.1. The summed E-state index contributed by atoms with van der Waals surface area (Å²) >= 11 is 0. The van der Waals surface area contributed by atoms with Gasteiger partial charge in [-0.15, -0.1) is 0 Å². The van der Waals surface area contributed by atoms with Gasteiger partial charge in [-0.1, -0.05) is 55.8 Å². The first-order chi connectivity index (χ1) is 8.09. The van der Waals surface area contributed by atoms with Gasteiger partial charge in [0.1, 0.15) is 6.29 Å². The third kappa shape index (κ3) is 4.56. The van der Waals surface area contributed by atoms with Crippen molar-refractivity contribution in [2.75, 3.05) is 0 Å². The van der Waals surface area contributed by atoms with Crippen molar-refractivity contribution in [3.05, 3.63) is 41.5 Å². The predicted molar refractivity (Wildman–Crippen MR) is 73.9 cm³/mol. The number of hydrogen-bond acceptors (Lipinski definition) is 1. The minimum atomic E-state index is 0.131. The zero-order valence-corrected chi connectivity index (χ0v) is 11.1. The van der Waals surface area contributed by atoms with E-state index in [1.165, 1.54) is 11.1 Å².